The van der Waals surface area contributed by atoms with Gasteiger partial charge in [-0.2, -0.15) is 0 Å². The SMILES string of the molecule is Nc1c(-n2cnc3c2CCCC3)ccc2ncccc12. The molecule has 2 aromatic heterocycles. The number of hydrogen-bond acceptors (Lipinski definition) is 3. The predicted octanol–water partition coefficient (Wildman–Crippen LogP) is 2.88. The predicted molar refractivity (Wildman–Crippen MR) is 79.9 cm³/mol. The van der Waals surface area contributed by atoms with Gasteiger partial charge in [0.1, 0.15) is 0 Å². The van der Waals surface area contributed by atoms with Gasteiger partial charge in [0.05, 0.1) is 28.9 Å². The largest absolute Gasteiger partial charge is 0.396 e. The third-order valence-electron chi connectivity index (χ3n) is 4.09. The summed E-state index contributed by atoms with van der Waals surface area (Å²) >= 11 is 0. The molecular formula is C16H16N4. The molecule has 0 amide bonds. The van der Waals surface area contributed by atoms with Crippen LogP contribution in [0.4, 0.5) is 5.69 Å². The van der Waals surface area contributed by atoms with Crippen molar-refractivity contribution in [3.05, 3.63) is 48.2 Å². The number of rotatable bonds is 1. The number of nitrogen functional groups attached to an aromatic ring is 1. The van der Waals surface area contributed by atoms with Gasteiger partial charge >= 0.3 is 0 Å². The smallest absolute Gasteiger partial charge is 0.0998 e. The molecule has 1 aliphatic carbocycles. The molecule has 1 aliphatic rings. The van der Waals surface area contributed by atoms with E-state index >= 15 is 0 Å². The fourth-order valence-corrected chi connectivity index (χ4v) is 3.05. The summed E-state index contributed by atoms with van der Waals surface area (Å²) in [6, 6.07) is 8.01. The van der Waals surface area contributed by atoms with Gasteiger partial charge in [0.25, 0.3) is 0 Å². The van der Waals surface area contributed by atoms with Crippen molar-refractivity contribution in [3.63, 3.8) is 0 Å². The van der Waals surface area contributed by atoms with E-state index in [9.17, 15) is 0 Å². The van der Waals surface area contributed by atoms with E-state index in [4.69, 9.17) is 5.73 Å². The van der Waals surface area contributed by atoms with E-state index in [2.05, 4.69) is 14.5 Å². The van der Waals surface area contributed by atoms with Gasteiger partial charge < -0.3 is 10.3 Å². The molecule has 0 aliphatic heterocycles. The van der Waals surface area contributed by atoms with Crippen LogP contribution >= 0.6 is 0 Å². The zero-order chi connectivity index (χ0) is 13.5. The highest BCUT2D eigenvalue weighted by molar-refractivity contribution is 5.94. The highest BCUT2D eigenvalue weighted by Gasteiger charge is 2.17. The van der Waals surface area contributed by atoms with Gasteiger partial charge in [-0.3, -0.25) is 4.98 Å². The summed E-state index contributed by atoms with van der Waals surface area (Å²) in [5, 5.41) is 1.00. The number of hydrogen-bond donors (Lipinski definition) is 1. The Kier molecular flexibility index (Phi) is 2.49. The highest BCUT2D eigenvalue weighted by atomic mass is 15.1. The van der Waals surface area contributed by atoms with E-state index in [1.165, 1.54) is 24.2 Å². The molecule has 2 N–H and O–H groups in total. The summed E-state index contributed by atoms with van der Waals surface area (Å²) in [4.78, 5) is 8.89. The number of anilines is 1. The van der Waals surface area contributed by atoms with Crippen molar-refractivity contribution in [2.75, 3.05) is 5.73 Å². The number of benzene rings is 1. The van der Waals surface area contributed by atoms with Crippen molar-refractivity contribution in [1.82, 2.24) is 14.5 Å². The second kappa shape index (κ2) is 4.34. The zero-order valence-electron chi connectivity index (χ0n) is 11.2. The normalized spacial score (nSPS) is 14.4. The molecule has 0 saturated carbocycles. The van der Waals surface area contributed by atoms with Gasteiger partial charge in [0, 0.05) is 17.3 Å². The molecule has 4 heteroatoms. The van der Waals surface area contributed by atoms with Crippen LogP contribution in [-0.4, -0.2) is 14.5 Å². The summed E-state index contributed by atoms with van der Waals surface area (Å²) < 4.78 is 2.15. The Morgan fingerprint density at radius 2 is 1.95 bits per heavy atom. The van der Waals surface area contributed by atoms with Gasteiger partial charge in [0.15, 0.2) is 0 Å². The molecule has 3 aromatic rings. The number of aryl methyl sites for hydroxylation is 1. The Labute approximate surface area is 117 Å². The van der Waals surface area contributed by atoms with Crippen LogP contribution in [-0.2, 0) is 12.8 Å². The third kappa shape index (κ3) is 1.61. The molecule has 0 fully saturated rings. The summed E-state index contributed by atoms with van der Waals surface area (Å²) in [7, 11) is 0. The van der Waals surface area contributed by atoms with Crippen LogP contribution in [0.15, 0.2) is 36.8 Å². The molecule has 100 valence electrons. The van der Waals surface area contributed by atoms with E-state index in [0.717, 1.165) is 35.1 Å². The van der Waals surface area contributed by atoms with Crippen molar-refractivity contribution < 1.29 is 0 Å². The Morgan fingerprint density at radius 3 is 2.90 bits per heavy atom. The summed E-state index contributed by atoms with van der Waals surface area (Å²) in [6.07, 6.45) is 8.33. The number of nitrogens with two attached hydrogens (primary N) is 1. The summed E-state index contributed by atoms with van der Waals surface area (Å²) in [5.74, 6) is 0. The summed E-state index contributed by atoms with van der Waals surface area (Å²) in [6.45, 7) is 0. The van der Waals surface area contributed by atoms with Crippen LogP contribution in [0.25, 0.3) is 16.6 Å². The monoisotopic (exact) mass is 264 g/mol. The summed E-state index contributed by atoms with van der Waals surface area (Å²) in [5.41, 5.74) is 11.6. The molecule has 1 aromatic carbocycles. The van der Waals surface area contributed by atoms with Crippen molar-refractivity contribution in [1.29, 1.82) is 0 Å². The lowest BCUT2D eigenvalue weighted by Gasteiger charge is -2.16. The lowest BCUT2D eigenvalue weighted by molar-refractivity contribution is 0.656. The second-order valence-electron chi connectivity index (χ2n) is 5.28. The fourth-order valence-electron chi connectivity index (χ4n) is 3.05. The minimum atomic E-state index is 0.779. The van der Waals surface area contributed by atoms with E-state index in [-0.39, 0.29) is 0 Å². The first-order chi connectivity index (χ1) is 9.84. The maximum Gasteiger partial charge on any atom is 0.0998 e. The number of aromatic nitrogens is 3. The maximum absolute atomic E-state index is 6.35. The average Bonchev–Trinajstić information content (AvgIpc) is 2.92. The van der Waals surface area contributed by atoms with Crippen LogP contribution in [0.5, 0.6) is 0 Å². The van der Waals surface area contributed by atoms with Gasteiger partial charge in [-0.25, -0.2) is 4.98 Å². The molecule has 0 bridgehead atoms. The molecular weight excluding hydrogens is 248 g/mol. The Hall–Kier alpha value is -2.36. The topological polar surface area (TPSA) is 56.7 Å². The molecule has 2 heterocycles. The first-order valence-corrected chi connectivity index (χ1v) is 7.03. The molecule has 0 unspecified atom stereocenters. The molecule has 0 spiro atoms. The third-order valence-corrected chi connectivity index (χ3v) is 4.09. The quantitative estimate of drug-likeness (QED) is 0.687. The first kappa shape index (κ1) is 11.5. The van der Waals surface area contributed by atoms with Crippen molar-refractivity contribution in [2.45, 2.75) is 25.7 Å². The lowest BCUT2D eigenvalue weighted by atomic mass is 10.0. The van der Waals surface area contributed by atoms with Crippen LogP contribution in [0.3, 0.4) is 0 Å². The Morgan fingerprint density at radius 1 is 1.05 bits per heavy atom. The van der Waals surface area contributed by atoms with Crippen molar-refractivity contribution in [3.8, 4) is 5.69 Å². The van der Waals surface area contributed by atoms with Gasteiger partial charge in [-0.15, -0.1) is 0 Å². The van der Waals surface area contributed by atoms with E-state index in [1.807, 2.05) is 30.6 Å². The molecule has 0 radical (unpaired) electrons. The van der Waals surface area contributed by atoms with Crippen LogP contribution < -0.4 is 5.73 Å². The van der Waals surface area contributed by atoms with Crippen molar-refractivity contribution >= 4 is 16.6 Å². The molecule has 0 atom stereocenters. The molecule has 4 nitrogen and oxygen atoms in total. The highest BCUT2D eigenvalue weighted by Crippen LogP contribution is 2.30. The average molecular weight is 264 g/mol. The fraction of sp³-hybridized carbons (Fsp3) is 0.250. The van der Waals surface area contributed by atoms with E-state index in [0.29, 0.717) is 0 Å². The maximum atomic E-state index is 6.35. The van der Waals surface area contributed by atoms with E-state index in [1.54, 1.807) is 6.20 Å². The van der Waals surface area contributed by atoms with Crippen LogP contribution in [0.1, 0.15) is 24.2 Å². The van der Waals surface area contributed by atoms with Gasteiger partial charge in [-0.1, -0.05) is 0 Å². The van der Waals surface area contributed by atoms with Crippen molar-refractivity contribution in [2.24, 2.45) is 0 Å². The number of fused-ring (bicyclic) bond motifs is 2. The molecule has 4 rings (SSSR count). The Balaban J connectivity index is 1.94. The van der Waals surface area contributed by atoms with Crippen LogP contribution in [0.2, 0.25) is 0 Å². The zero-order valence-corrected chi connectivity index (χ0v) is 11.2. The Bertz CT molecular complexity index is 788. The van der Waals surface area contributed by atoms with E-state index < -0.39 is 0 Å². The first-order valence-electron chi connectivity index (χ1n) is 7.03. The number of pyridine rings is 1. The van der Waals surface area contributed by atoms with Gasteiger partial charge in [0.2, 0.25) is 0 Å². The lowest BCUT2D eigenvalue weighted by Crippen LogP contribution is -2.08. The number of imidazole rings is 1. The van der Waals surface area contributed by atoms with Crippen LogP contribution in [0, 0.1) is 0 Å². The molecule has 0 saturated heterocycles. The van der Waals surface area contributed by atoms with Gasteiger partial charge in [-0.05, 0) is 49.9 Å². The molecule has 20 heavy (non-hydrogen) atoms. The standard InChI is InChI=1S/C16H16N4/c17-16-11-4-3-9-18-12(11)7-8-15(16)20-10-19-13-5-1-2-6-14(13)20/h3-4,7-10H,1-2,5-6,17H2. The number of nitrogens with zero attached hydrogens (tertiary/aromatic N) is 3. The minimum Gasteiger partial charge on any atom is -0.396 e. The minimum absolute atomic E-state index is 0.779. The second-order valence-corrected chi connectivity index (χ2v) is 5.28.